The van der Waals surface area contributed by atoms with Gasteiger partial charge in [0.1, 0.15) is 0 Å². The largest absolute Gasteiger partial charge is 0.253 e. The van der Waals surface area contributed by atoms with Crippen LogP contribution >= 0.6 is 0 Å². The van der Waals surface area contributed by atoms with E-state index in [1.165, 1.54) is 5.56 Å². The van der Waals surface area contributed by atoms with Crippen molar-refractivity contribution in [2.24, 2.45) is 0 Å². The summed E-state index contributed by atoms with van der Waals surface area (Å²) in [6.45, 7) is 6.00. The molecule has 2 rings (SSSR count). The molecular weight excluding hydrogens is 186 g/mol. The Hall–Kier alpha value is -1.77. The van der Waals surface area contributed by atoms with E-state index >= 15 is 0 Å². The first-order valence-electron chi connectivity index (χ1n) is 4.91. The Morgan fingerprint density at radius 2 is 1.87 bits per heavy atom. The lowest BCUT2D eigenvalue weighted by atomic mass is 10.1. The summed E-state index contributed by atoms with van der Waals surface area (Å²) in [4.78, 5) is 4.52. The maximum absolute atomic E-state index is 4.52. The first-order chi connectivity index (χ1) is 7.16. The number of aryl methyl sites for hydroxylation is 3. The SMILES string of the molecule is Cc1cc(-c2ccc(C)c(C)n2)cnn1. The second-order valence-corrected chi connectivity index (χ2v) is 3.68. The Bertz CT molecular complexity index is 492. The summed E-state index contributed by atoms with van der Waals surface area (Å²) in [7, 11) is 0. The lowest BCUT2D eigenvalue weighted by Gasteiger charge is -2.04. The van der Waals surface area contributed by atoms with Gasteiger partial charge >= 0.3 is 0 Å². The van der Waals surface area contributed by atoms with Gasteiger partial charge in [0.15, 0.2) is 0 Å². The van der Waals surface area contributed by atoms with E-state index in [-0.39, 0.29) is 0 Å². The summed E-state index contributed by atoms with van der Waals surface area (Å²) in [5, 5.41) is 7.85. The van der Waals surface area contributed by atoms with Crippen molar-refractivity contribution in [2.75, 3.05) is 0 Å². The molecule has 0 amide bonds. The molecule has 2 aromatic heterocycles. The van der Waals surface area contributed by atoms with Gasteiger partial charge in [0.25, 0.3) is 0 Å². The van der Waals surface area contributed by atoms with Gasteiger partial charge in [-0.1, -0.05) is 6.07 Å². The lowest BCUT2D eigenvalue weighted by Crippen LogP contribution is -1.92. The van der Waals surface area contributed by atoms with Gasteiger partial charge in [0.05, 0.1) is 17.6 Å². The zero-order valence-corrected chi connectivity index (χ0v) is 9.15. The van der Waals surface area contributed by atoms with E-state index in [1.807, 2.05) is 26.0 Å². The van der Waals surface area contributed by atoms with E-state index in [2.05, 4.69) is 28.2 Å². The van der Waals surface area contributed by atoms with Crippen LogP contribution in [0.5, 0.6) is 0 Å². The number of pyridine rings is 1. The molecule has 0 aliphatic rings. The monoisotopic (exact) mass is 199 g/mol. The Morgan fingerprint density at radius 1 is 1.07 bits per heavy atom. The zero-order valence-electron chi connectivity index (χ0n) is 9.15. The van der Waals surface area contributed by atoms with Crippen LogP contribution in [0.1, 0.15) is 17.0 Å². The second kappa shape index (κ2) is 3.77. The van der Waals surface area contributed by atoms with Crippen molar-refractivity contribution in [3.05, 3.63) is 41.3 Å². The first-order valence-corrected chi connectivity index (χ1v) is 4.91. The van der Waals surface area contributed by atoms with Crippen molar-refractivity contribution in [1.29, 1.82) is 0 Å². The van der Waals surface area contributed by atoms with Crippen LogP contribution in [0.15, 0.2) is 24.4 Å². The third-order valence-electron chi connectivity index (χ3n) is 2.42. The average molecular weight is 199 g/mol. The molecule has 2 aromatic rings. The highest BCUT2D eigenvalue weighted by atomic mass is 15.1. The molecule has 0 spiro atoms. The van der Waals surface area contributed by atoms with E-state index in [1.54, 1.807) is 6.20 Å². The first kappa shape index (κ1) is 9.77. The van der Waals surface area contributed by atoms with Crippen molar-refractivity contribution in [1.82, 2.24) is 15.2 Å². The predicted octanol–water partition coefficient (Wildman–Crippen LogP) is 2.46. The van der Waals surface area contributed by atoms with Crippen LogP contribution in [0, 0.1) is 20.8 Å². The predicted molar refractivity (Wildman–Crippen MR) is 59.5 cm³/mol. The Labute approximate surface area is 89.2 Å². The van der Waals surface area contributed by atoms with Gasteiger partial charge in [-0.2, -0.15) is 10.2 Å². The fourth-order valence-corrected chi connectivity index (χ4v) is 1.40. The molecule has 0 aliphatic carbocycles. The van der Waals surface area contributed by atoms with Gasteiger partial charge in [-0.05, 0) is 38.5 Å². The fourth-order valence-electron chi connectivity index (χ4n) is 1.40. The minimum Gasteiger partial charge on any atom is -0.253 e. The molecule has 0 N–H and O–H groups in total. The molecule has 0 saturated carbocycles. The highest BCUT2D eigenvalue weighted by Gasteiger charge is 2.02. The number of rotatable bonds is 1. The number of aromatic nitrogens is 3. The smallest absolute Gasteiger partial charge is 0.0722 e. The van der Waals surface area contributed by atoms with Crippen molar-refractivity contribution in [3.8, 4) is 11.3 Å². The third kappa shape index (κ3) is 2.01. The summed E-state index contributed by atoms with van der Waals surface area (Å²) < 4.78 is 0. The highest BCUT2D eigenvalue weighted by molar-refractivity contribution is 5.58. The molecule has 0 unspecified atom stereocenters. The molecule has 0 bridgehead atoms. The normalized spacial score (nSPS) is 10.3. The van der Waals surface area contributed by atoms with Crippen LogP contribution in [0.3, 0.4) is 0 Å². The molecule has 0 aromatic carbocycles. The number of hydrogen-bond donors (Lipinski definition) is 0. The van der Waals surface area contributed by atoms with E-state index < -0.39 is 0 Å². The van der Waals surface area contributed by atoms with Crippen LogP contribution in [0.25, 0.3) is 11.3 Å². The Morgan fingerprint density at radius 3 is 2.53 bits per heavy atom. The molecule has 3 nitrogen and oxygen atoms in total. The second-order valence-electron chi connectivity index (χ2n) is 3.68. The molecular formula is C12H13N3. The van der Waals surface area contributed by atoms with E-state index in [9.17, 15) is 0 Å². The van der Waals surface area contributed by atoms with Gasteiger partial charge in [-0.25, -0.2) is 0 Å². The molecule has 15 heavy (non-hydrogen) atoms. The van der Waals surface area contributed by atoms with E-state index in [0.29, 0.717) is 0 Å². The van der Waals surface area contributed by atoms with Crippen molar-refractivity contribution in [2.45, 2.75) is 20.8 Å². The fraction of sp³-hybridized carbons (Fsp3) is 0.250. The maximum Gasteiger partial charge on any atom is 0.0722 e. The molecule has 76 valence electrons. The summed E-state index contributed by atoms with van der Waals surface area (Å²) in [5.41, 5.74) is 5.15. The van der Waals surface area contributed by atoms with Crippen LogP contribution in [0.4, 0.5) is 0 Å². The Balaban J connectivity index is 2.50. The topological polar surface area (TPSA) is 38.7 Å². The van der Waals surface area contributed by atoms with Crippen LogP contribution in [0.2, 0.25) is 0 Å². The number of nitrogens with zero attached hydrogens (tertiary/aromatic N) is 3. The summed E-state index contributed by atoms with van der Waals surface area (Å²) in [6.07, 6.45) is 1.74. The van der Waals surface area contributed by atoms with Gasteiger partial charge in [0, 0.05) is 11.3 Å². The maximum atomic E-state index is 4.52. The summed E-state index contributed by atoms with van der Waals surface area (Å²) >= 11 is 0. The van der Waals surface area contributed by atoms with Crippen LogP contribution < -0.4 is 0 Å². The molecule has 2 heterocycles. The zero-order chi connectivity index (χ0) is 10.8. The van der Waals surface area contributed by atoms with Gasteiger partial charge in [-0.15, -0.1) is 0 Å². The van der Waals surface area contributed by atoms with Gasteiger partial charge in [0.2, 0.25) is 0 Å². The van der Waals surface area contributed by atoms with Crippen molar-refractivity contribution in [3.63, 3.8) is 0 Å². The van der Waals surface area contributed by atoms with E-state index in [0.717, 1.165) is 22.6 Å². The van der Waals surface area contributed by atoms with Crippen molar-refractivity contribution >= 4 is 0 Å². The molecule has 0 saturated heterocycles. The summed E-state index contributed by atoms with van der Waals surface area (Å²) in [5.74, 6) is 0. The molecule has 0 fully saturated rings. The molecule has 0 atom stereocenters. The molecule has 3 heteroatoms. The highest BCUT2D eigenvalue weighted by Crippen LogP contribution is 2.17. The van der Waals surface area contributed by atoms with Crippen LogP contribution in [-0.2, 0) is 0 Å². The quantitative estimate of drug-likeness (QED) is 0.708. The molecule has 0 aliphatic heterocycles. The molecule has 0 radical (unpaired) electrons. The number of hydrogen-bond acceptors (Lipinski definition) is 3. The standard InChI is InChI=1S/C12H13N3/c1-8-4-5-12(14-10(8)3)11-6-9(2)15-13-7-11/h4-7H,1-3H3. The lowest BCUT2D eigenvalue weighted by molar-refractivity contribution is 0.979. The third-order valence-corrected chi connectivity index (χ3v) is 2.42. The minimum absolute atomic E-state index is 0.910. The van der Waals surface area contributed by atoms with Gasteiger partial charge < -0.3 is 0 Å². The average Bonchev–Trinajstić information content (AvgIpc) is 2.22. The van der Waals surface area contributed by atoms with E-state index in [4.69, 9.17) is 0 Å². The van der Waals surface area contributed by atoms with Crippen LogP contribution in [-0.4, -0.2) is 15.2 Å². The van der Waals surface area contributed by atoms with Crippen molar-refractivity contribution < 1.29 is 0 Å². The Kier molecular flexibility index (Phi) is 2.46. The minimum atomic E-state index is 0.910. The van der Waals surface area contributed by atoms with Gasteiger partial charge in [-0.3, -0.25) is 4.98 Å². The summed E-state index contributed by atoms with van der Waals surface area (Å²) in [6, 6.07) is 6.08.